The Morgan fingerprint density at radius 1 is 1.19 bits per heavy atom. The van der Waals surface area contributed by atoms with Crippen molar-refractivity contribution in [2.45, 2.75) is 44.8 Å². The van der Waals surface area contributed by atoms with Crippen molar-refractivity contribution >= 4 is 18.5 Å². The molecule has 21 heavy (non-hydrogen) atoms. The molecule has 0 aromatic heterocycles. The minimum Gasteiger partial charge on any atom is -0.445 e. The highest BCUT2D eigenvalue weighted by Gasteiger charge is 2.46. The van der Waals surface area contributed by atoms with E-state index in [4.69, 9.17) is 4.74 Å². The van der Waals surface area contributed by atoms with Gasteiger partial charge in [0.25, 0.3) is 0 Å². The van der Waals surface area contributed by atoms with Crippen molar-refractivity contribution in [2.75, 3.05) is 0 Å². The molecule has 1 aromatic carbocycles. The summed E-state index contributed by atoms with van der Waals surface area (Å²) in [5.74, 6) is 0. The zero-order valence-corrected chi connectivity index (χ0v) is 12.3. The molecule has 0 saturated heterocycles. The normalized spacial score (nSPS) is 17.2. The average Bonchev–Trinajstić information content (AvgIpc) is 3.06. The molecule has 1 aliphatic rings. The first-order chi connectivity index (χ1) is 9.52. The zero-order valence-electron chi connectivity index (χ0n) is 12.3. The van der Waals surface area contributed by atoms with E-state index in [2.05, 4.69) is 5.32 Å². The van der Waals surface area contributed by atoms with Crippen LogP contribution in [-0.2, 0) is 10.3 Å². The van der Waals surface area contributed by atoms with E-state index < -0.39 is 29.7 Å². The highest BCUT2D eigenvalue weighted by atomic mass is 19.4. The van der Waals surface area contributed by atoms with Crippen molar-refractivity contribution in [3.05, 3.63) is 29.8 Å². The molecule has 1 aliphatic carbocycles. The topological polar surface area (TPSA) is 38.3 Å². The SMILES string of the molecule is CC(C)(C)OC(=O)NC1(c2ccc([B-](F)(F)F)cc2)CC1. The van der Waals surface area contributed by atoms with Crippen molar-refractivity contribution in [1.29, 1.82) is 0 Å². The summed E-state index contributed by atoms with van der Waals surface area (Å²) in [5, 5.41) is 2.76. The van der Waals surface area contributed by atoms with Gasteiger partial charge in [-0.25, -0.2) is 4.79 Å². The molecule has 1 fully saturated rings. The van der Waals surface area contributed by atoms with Gasteiger partial charge in [-0.2, -0.15) is 0 Å². The van der Waals surface area contributed by atoms with Gasteiger partial charge in [0.2, 0.25) is 0 Å². The summed E-state index contributed by atoms with van der Waals surface area (Å²) in [5.41, 5.74) is -1.15. The van der Waals surface area contributed by atoms with E-state index >= 15 is 0 Å². The third-order valence-electron chi connectivity index (χ3n) is 3.33. The summed E-state index contributed by atoms with van der Waals surface area (Å²) < 4.78 is 43.0. The molecule has 1 aromatic rings. The molecule has 0 atom stereocenters. The van der Waals surface area contributed by atoms with Crippen molar-refractivity contribution in [1.82, 2.24) is 5.32 Å². The number of amides is 1. The second-order valence-corrected chi connectivity index (χ2v) is 6.41. The Morgan fingerprint density at radius 3 is 2.10 bits per heavy atom. The maximum Gasteiger partial charge on any atom is 0.509 e. The molecular weight excluding hydrogens is 282 g/mol. The fourth-order valence-corrected chi connectivity index (χ4v) is 2.13. The first-order valence-electron chi connectivity index (χ1n) is 6.83. The van der Waals surface area contributed by atoms with E-state index in [1.807, 2.05) is 0 Å². The summed E-state index contributed by atoms with van der Waals surface area (Å²) in [4.78, 5) is 11.8. The zero-order chi connectivity index (χ0) is 15.9. The Kier molecular flexibility index (Phi) is 3.72. The lowest BCUT2D eigenvalue weighted by Gasteiger charge is -2.24. The van der Waals surface area contributed by atoms with Crippen LogP contribution in [0, 0.1) is 0 Å². The van der Waals surface area contributed by atoms with Crippen molar-refractivity contribution in [3.8, 4) is 0 Å². The van der Waals surface area contributed by atoms with E-state index in [1.54, 1.807) is 20.8 Å². The third-order valence-corrected chi connectivity index (χ3v) is 3.33. The number of alkyl carbamates (subject to hydrolysis) is 1. The standard InChI is InChI=1S/C14H18BF3NO2/c1-13(2,3)21-12(20)19-14(8-9-14)10-4-6-11(7-5-10)15(16,17)18/h4-7H,8-9H2,1-3H3,(H,19,20)/q-1. The Labute approximate surface area is 121 Å². The van der Waals surface area contributed by atoms with E-state index in [0.29, 0.717) is 18.4 Å². The van der Waals surface area contributed by atoms with Gasteiger partial charge in [-0.3, -0.25) is 0 Å². The smallest absolute Gasteiger partial charge is 0.445 e. The quantitative estimate of drug-likeness (QED) is 0.870. The second-order valence-electron chi connectivity index (χ2n) is 6.41. The number of hydrogen-bond acceptors (Lipinski definition) is 2. The third kappa shape index (κ3) is 3.92. The first-order valence-corrected chi connectivity index (χ1v) is 6.83. The molecule has 0 bridgehead atoms. The molecule has 2 rings (SSSR count). The van der Waals surface area contributed by atoms with Crippen LogP contribution in [0.5, 0.6) is 0 Å². The van der Waals surface area contributed by atoms with Gasteiger partial charge in [-0.05, 0) is 39.2 Å². The van der Waals surface area contributed by atoms with Crippen LogP contribution in [0.15, 0.2) is 24.3 Å². The number of halogens is 3. The largest absolute Gasteiger partial charge is 0.509 e. The molecule has 116 valence electrons. The van der Waals surface area contributed by atoms with E-state index in [1.165, 1.54) is 12.1 Å². The first kappa shape index (κ1) is 15.7. The van der Waals surface area contributed by atoms with Crippen LogP contribution in [0.3, 0.4) is 0 Å². The number of benzene rings is 1. The van der Waals surface area contributed by atoms with Gasteiger partial charge in [-0.15, -0.1) is 5.46 Å². The van der Waals surface area contributed by atoms with Crippen LogP contribution >= 0.6 is 0 Å². The summed E-state index contributed by atoms with van der Waals surface area (Å²) in [6.07, 6.45) is 0.843. The molecule has 3 nitrogen and oxygen atoms in total. The molecule has 1 amide bonds. The molecule has 0 heterocycles. The van der Waals surface area contributed by atoms with E-state index in [9.17, 15) is 17.7 Å². The fourth-order valence-electron chi connectivity index (χ4n) is 2.13. The second kappa shape index (κ2) is 4.96. The Morgan fingerprint density at radius 2 is 1.71 bits per heavy atom. The van der Waals surface area contributed by atoms with Gasteiger partial charge in [0.05, 0.1) is 5.54 Å². The predicted molar refractivity (Wildman–Crippen MR) is 75.4 cm³/mol. The Hall–Kier alpha value is -1.66. The van der Waals surface area contributed by atoms with Crippen LogP contribution in [0.25, 0.3) is 0 Å². The number of carbonyl (C=O) groups is 1. The molecular formula is C14H18BF3NO2-. The van der Waals surface area contributed by atoms with Gasteiger partial charge in [0, 0.05) is 0 Å². The molecule has 0 unspecified atom stereocenters. The van der Waals surface area contributed by atoms with E-state index in [0.717, 1.165) is 12.1 Å². The molecule has 0 spiro atoms. The van der Waals surface area contributed by atoms with Crippen molar-refractivity contribution < 1.29 is 22.5 Å². The van der Waals surface area contributed by atoms with Crippen LogP contribution in [0.2, 0.25) is 0 Å². The van der Waals surface area contributed by atoms with Gasteiger partial charge < -0.3 is 23.0 Å². The Balaban J connectivity index is 2.09. The lowest BCUT2D eigenvalue weighted by Crippen LogP contribution is -2.39. The average molecular weight is 300 g/mol. The van der Waals surface area contributed by atoms with Gasteiger partial charge in [0.15, 0.2) is 0 Å². The van der Waals surface area contributed by atoms with Gasteiger partial charge >= 0.3 is 13.1 Å². The minimum atomic E-state index is -4.99. The summed E-state index contributed by atoms with van der Waals surface area (Å²) >= 11 is 0. The van der Waals surface area contributed by atoms with Crippen LogP contribution in [-0.4, -0.2) is 18.7 Å². The van der Waals surface area contributed by atoms with Gasteiger partial charge in [-0.1, -0.05) is 24.3 Å². The van der Waals surface area contributed by atoms with Crippen molar-refractivity contribution in [2.24, 2.45) is 0 Å². The summed E-state index contributed by atoms with van der Waals surface area (Å²) in [6.45, 7) is 0.278. The predicted octanol–water partition coefficient (Wildman–Crippen LogP) is 3.25. The number of hydrogen-bond donors (Lipinski definition) is 1. The maximum atomic E-state index is 12.6. The monoisotopic (exact) mass is 300 g/mol. The highest BCUT2D eigenvalue weighted by molar-refractivity contribution is 6.73. The summed E-state index contributed by atoms with van der Waals surface area (Å²) in [6, 6.07) is 4.97. The molecule has 1 saturated carbocycles. The number of rotatable bonds is 3. The number of carbonyl (C=O) groups excluding carboxylic acids is 1. The lowest BCUT2D eigenvalue weighted by molar-refractivity contribution is 0.0495. The minimum absolute atomic E-state index is 0.552. The number of nitrogens with one attached hydrogen (secondary N) is 1. The van der Waals surface area contributed by atoms with Gasteiger partial charge in [0.1, 0.15) is 5.60 Å². The molecule has 7 heteroatoms. The Bertz CT molecular complexity index is 531. The summed E-state index contributed by atoms with van der Waals surface area (Å²) in [7, 11) is 0. The number of ether oxygens (including phenoxy) is 1. The van der Waals surface area contributed by atoms with E-state index in [-0.39, 0.29) is 0 Å². The maximum absolute atomic E-state index is 12.6. The van der Waals surface area contributed by atoms with Crippen LogP contribution in [0.1, 0.15) is 39.2 Å². The van der Waals surface area contributed by atoms with Crippen LogP contribution in [0.4, 0.5) is 17.7 Å². The molecule has 0 radical (unpaired) electrons. The van der Waals surface area contributed by atoms with Crippen LogP contribution < -0.4 is 10.8 Å². The molecule has 0 aliphatic heterocycles. The highest BCUT2D eigenvalue weighted by Crippen LogP contribution is 2.45. The molecule has 1 N–H and O–H groups in total. The fraction of sp³-hybridized carbons (Fsp3) is 0.500. The van der Waals surface area contributed by atoms with Crippen molar-refractivity contribution in [3.63, 3.8) is 0 Å². The lowest BCUT2D eigenvalue weighted by atomic mass is 9.79.